The standard InChI is InChI=1S/C14H9F2NO/c15-12-3-5-14(6-4-12)18-9-11-7-13(16)2-1-10(11)8-17/h1-7H,9H2. The van der Waals surface area contributed by atoms with Gasteiger partial charge in [0.25, 0.3) is 0 Å². The average Bonchev–Trinajstić information content (AvgIpc) is 2.38. The highest BCUT2D eigenvalue weighted by atomic mass is 19.1. The van der Waals surface area contributed by atoms with Crippen molar-refractivity contribution in [3.05, 3.63) is 65.2 Å². The zero-order chi connectivity index (χ0) is 13.0. The first kappa shape index (κ1) is 12.1. The van der Waals surface area contributed by atoms with E-state index >= 15 is 0 Å². The molecule has 0 aliphatic carbocycles. The van der Waals surface area contributed by atoms with Gasteiger partial charge in [0.1, 0.15) is 24.0 Å². The third kappa shape index (κ3) is 2.83. The van der Waals surface area contributed by atoms with Crippen LogP contribution >= 0.6 is 0 Å². The van der Waals surface area contributed by atoms with Crippen molar-refractivity contribution in [2.75, 3.05) is 0 Å². The van der Waals surface area contributed by atoms with Crippen LogP contribution in [0.1, 0.15) is 11.1 Å². The zero-order valence-electron chi connectivity index (χ0n) is 9.36. The molecule has 90 valence electrons. The minimum Gasteiger partial charge on any atom is -0.489 e. The molecule has 2 aromatic rings. The Morgan fingerprint density at radius 1 is 1.00 bits per heavy atom. The molecule has 0 spiro atoms. The molecule has 0 bridgehead atoms. The van der Waals surface area contributed by atoms with Gasteiger partial charge in [-0.05, 0) is 42.5 Å². The maximum atomic E-state index is 13.0. The monoisotopic (exact) mass is 245 g/mol. The van der Waals surface area contributed by atoms with Crippen LogP contribution in [0.2, 0.25) is 0 Å². The first-order chi connectivity index (χ1) is 8.69. The lowest BCUT2D eigenvalue weighted by molar-refractivity contribution is 0.304. The van der Waals surface area contributed by atoms with Gasteiger partial charge >= 0.3 is 0 Å². The smallest absolute Gasteiger partial charge is 0.123 e. The lowest BCUT2D eigenvalue weighted by Crippen LogP contribution is -1.99. The lowest BCUT2D eigenvalue weighted by Gasteiger charge is -2.07. The van der Waals surface area contributed by atoms with E-state index in [0.29, 0.717) is 16.9 Å². The minimum atomic E-state index is -0.424. The van der Waals surface area contributed by atoms with Gasteiger partial charge in [-0.1, -0.05) is 0 Å². The summed E-state index contributed by atoms with van der Waals surface area (Å²) in [4.78, 5) is 0. The quantitative estimate of drug-likeness (QED) is 0.830. The van der Waals surface area contributed by atoms with Gasteiger partial charge in [0.15, 0.2) is 0 Å². The largest absolute Gasteiger partial charge is 0.489 e. The maximum absolute atomic E-state index is 13.0. The van der Waals surface area contributed by atoms with Crippen LogP contribution in [0.15, 0.2) is 42.5 Å². The van der Waals surface area contributed by atoms with Crippen LogP contribution in [0.25, 0.3) is 0 Å². The molecule has 0 radical (unpaired) electrons. The Bertz CT molecular complexity index is 588. The van der Waals surface area contributed by atoms with Gasteiger partial charge in [-0.2, -0.15) is 5.26 Å². The van der Waals surface area contributed by atoms with Crippen molar-refractivity contribution in [2.24, 2.45) is 0 Å². The van der Waals surface area contributed by atoms with Crippen LogP contribution in [-0.2, 0) is 6.61 Å². The summed E-state index contributed by atoms with van der Waals surface area (Å²) in [5.74, 6) is -0.318. The first-order valence-electron chi connectivity index (χ1n) is 5.26. The first-order valence-corrected chi connectivity index (χ1v) is 5.26. The normalized spacial score (nSPS) is 9.83. The Morgan fingerprint density at radius 3 is 2.33 bits per heavy atom. The van der Waals surface area contributed by atoms with Crippen LogP contribution in [-0.4, -0.2) is 0 Å². The van der Waals surface area contributed by atoms with Gasteiger partial charge in [0, 0.05) is 5.56 Å². The summed E-state index contributed by atoms with van der Waals surface area (Å²) in [6.07, 6.45) is 0. The molecule has 0 fully saturated rings. The molecule has 0 heterocycles. The molecule has 0 saturated heterocycles. The number of hydrogen-bond donors (Lipinski definition) is 0. The predicted molar refractivity (Wildman–Crippen MR) is 61.8 cm³/mol. The second kappa shape index (κ2) is 5.28. The summed E-state index contributed by atoms with van der Waals surface area (Å²) in [5, 5.41) is 8.87. The Kier molecular flexibility index (Phi) is 3.54. The van der Waals surface area contributed by atoms with Gasteiger partial charge in [-0.25, -0.2) is 8.78 Å². The third-order valence-electron chi connectivity index (χ3n) is 2.40. The fraction of sp³-hybridized carbons (Fsp3) is 0.0714. The van der Waals surface area contributed by atoms with E-state index in [4.69, 9.17) is 10.00 Å². The molecule has 0 N–H and O–H groups in total. The summed E-state index contributed by atoms with van der Waals surface area (Å²) in [6, 6.07) is 11.3. The van der Waals surface area contributed by atoms with E-state index in [1.165, 1.54) is 42.5 Å². The molecule has 4 heteroatoms. The second-order valence-corrected chi connectivity index (χ2v) is 3.66. The van der Waals surface area contributed by atoms with E-state index in [9.17, 15) is 8.78 Å². The molecule has 18 heavy (non-hydrogen) atoms. The molecule has 2 aromatic carbocycles. The minimum absolute atomic E-state index is 0.0618. The van der Waals surface area contributed by atoms with E-state index in [2.05, 4.69) is 0 Å². The van der Waals surface area contributed by atoms with E-state index in [0.717, 1.165) is 0 Å². The molecule has 0 aliphatic heterocycles. The summed E-state index contributed by atoms with van der Waals surface area (Å²) in [5.41, 5.74) is 0.820. The Hall–Kier alpha value is -2.41. The summed E-state index contributed by atoms with van der Waals surface area (Å²) in [6.45, 7) is 0.0618. The maximum Gasteiger partial charge on any atom is 0.123 e. The van der Waals surface area contributed by atoms with Gasteiger partial charge in [-0.15, -0.1) is 0 Å². The Morgan fingerprint density at radius 2 is 1.67 bits per heavy atom. The number of ether oxygens (including phenoxy) is 1. The topological polar surface area (TPSA) is 33.0 Å². The highest BCUT2D eigenvalue weighted by Gasteiger charge is 2.05. The molecule has 2 nitrogen and oxygen atoms in total. The van der Waals surface area contributed by atoms with Gasteiger partial charge in [0.05, 0.1) is 11.6 Å². The molecule has 0 atom stereocenters. The molecule has 0 unspecified atom stereocenters. The van der Waals surface area contributed by atoms with Crippen molar-refractivity contribution >= 4 is 0 Å². The van der Waals surface area contributed by atoms with Crippen molar-refractivity contribution in [3.63, 3.8) is 0 Å². The Labute approximate surface area is 103 Å². The highest BCUT2D eigenvalue weighted by molar-refractivity contribution is 5.37. The number of benzene rings is 2. The molecule has 2 rings (SSSR count). The highest BCUT2D eigenvalue weighted by Crippen LogP contribution is 2.16. The number of halogens is 2. The van der Waals surface area contributed by atoms with Crippen LogP contribution in [0, 0.1) is 23.0 Å². The third-order valence-corrected chi connectivity index (χ3v) is 2.40. The number of nitriles is 1. The fourth-order valence-corrected chi connectivity index (χ4v) is 1.48. The molecular weight excluding hydrogens is 236 g/mol. The summed E-state index contributed by atoms with van der Waals surface area (Å²) >= 11 is 0. The SMILES string of the molecule is N#Cc1ccc(F)cc1COc1ccc(F)cc1. The molecule has 0 aromatic heterocycles. The lowest BCUT2D eigenvalue weighted by atomic mass is 10.1. The summed E-state index contributed by atoms with van der Waals surface area (Å²) < 4.78 is 31.1. The number of rotatable bonds is 3. The van der Waals surface area contributed by atoms with Crippen LogP contribution < -0.4 is 4.74 Å². The van der Waals surface area contributed by atoms with Crippen molar-refractivity contribution in [1.82, 2.24) is 0 Å². The van der Waals surface area contributed by atoms with Gasteiger partial charge < -0.3 is 4.74 Å². The Balaban J connectivity index is 2.13. The van der Waals surface area contributed by atoms with E-state index in [-0.39, 0.29) is 12.4 Å². The number of hydrogen-bond acceptors (Lipinski definition) is 2. The van der Waals surface area contributed by atoms with Crippen molar-refractivity contribution in [2.45, 2.75) is 6.61 Å². The molecule has 0 amide bonds. The van der Waals surface area contributed by atoms with E-state index < -0.39 is 5.82 Å². The van der Waals surface area contributed by atoms with Crippen LogP contribution in [0.4, 0.5) is 8.78 Å². The molecule has 0 aliphatic rings. The second-order valence-electron chi connectivity index (χ2n) is 3.66. The van der Waals surface area contributed by atoms with Gasteiger partial charge in [0.2, 0.25) is 0 Å². The van der Waals surface area contributed by atoms with Crippen molar-refractivity contribution in [1.29, 1.82) is 5.26 Å². The van der Waals surface area contributed by atoms with E-state index in [1.807, 2.05) is 6.07 Å². The van der Waals surface area contributed by atoms with Gasteiger partial charge in [-0.3, -0.25) is 0 Å². The predicted octanol–water partition coefficient (Wildman–Crippen LogP) is 3.42. The average molecular weight is 245 g/mol. The van der Waals surface area contributed by atoms with E-state index in [1.54, 1.807) is 0 Å². The van der Waals surface area contributed by atoms with Crippen LogP contribution in [0.5, 0.6) is 5.75 Å². The summed E-state index contributed by atoms with van der Waals surface area (Å²) in [7, 11) is 0. The van der Waals surface area contributed by atoms with Crippen molar-refractivity contribution < 1.29 is 13.5 Å². The fourth-order valence-electron chi connectivity index (χ4n) is 1.48. The van der Waals surface area contributed by atoms with Crippen molar-refractivity contribution in [3.8, 4) is 11.8 Å². The van der Waals surface area contributed by atoms with Crippen LogP contribution in [0.3, 0.4) is 0 Å². The molecular formula is C14H9F2NO. The number of nitrogens with zero attached hydrogens (tertiary/aromatic N) is 1. The molecule has 0 saturated carbocycles. The zero-order valence-corrected chi connectivity index (χ0v) is 9.36.